The van der Waals surface area contributed by atoms with Crippen LogP contribution in [0.4, 0.5) is 0 Å². The second kappa shape index (κ2) is 10.0. The van der Waals surface area contributed by atoms with Gasteiger partial charge in [-0.05, 0) is 0 Å². The summed E-state index contributed by atoms with van der Waals surface area (Å²) in [5.74, 6) is 0. The minimum absolute atomic E-state index is 0.0776. The molecule has 0 saturated carbocycles. The van der Waals surface area contributed by atoms with Gasteiger partial charge in [-0.15, -0.1) is 0 Å². The zero-order valence-electron chi connectivity index (χ0n) is 17.7. The maximum atomic E-state index is 2.51. The summed E-state index contributed by atoms with van der Waals surface area (Å²) in [7, 11) is -0.233. The summed E-state index contributed by atoms with van der Waals surface area (Å²) in [5.41, 5.74) is 0. The molecule has 0 atom stereocenters. The first-order valence-corrected chi connectivity index (χ1v) is 19.0. The summed E-state index contributed by atoms with van der Waals surface area (Å²) in [6.45, 7) is 14.1. The van der Waals surface area contributed by atoms with Crippen molar-refractivity contribution in [2.24, 2.45) is 0 Å². The zero-order valence-corrected chi connectivity index (χ0v) is 22.3. The summed E-state index contributed by atoms with van der Waals surface area (Å²) in [6.07, 6.45) is 0. The topological polar surface area (TPSA) is 0 Å². The Morgan fingerprint density at radius 2 is 0.750 bits per heavy atom. The van der Waals surface area contributed by atoms with Crippen LogP contribution in [0.3, 0.4) is 0 Å². The van der Waals surface area contributed by atoms with Crippen LogP contribution in [0.1, 0.15) is 0 Å². The molecule has 0 aliphatic heterocycles. The minimum atomic E-state index is -1.57. The van der Waals surface area contributed by atoms with Crippen molar-refractivity contribution in [2.45, 2.75) is 0 Å². The first kappa shape index (κ1) is 22.2. The monoisotopic (exact) mass is 486 g/mol. The van der Waals surface area contributed by atoms with E-state index in [1.54, 1.807) is 13.1 Å². The summed E-state index contributed by atoms with van der Waals surface area (Å²) in [5, 5.41) is 4.54. The van der Waals surface area contributed by atoms with Crippen molar-refractivity contribution in [3.8, 4) is 0 Å². The van der Waals surface area contributed by atoms with Crippen LogP contribution in [-0.4, -0.2) is 54.6 Å². The maximum absolute atomic E-state index is 2.51. The Bertz CT molecular complexity index is 812. The van der Waals surface area contributed by atoms with Gasteiger partial charge in [0, 0.05) is 0 Å². The Kier molecular flexibility index (Phi) is 7.94. The molecular weight excluding hydrogens is 456 g/mol. The van der Waals surface area contributed by atoms with Crippen molar-refractivity contribution in [3.05, 3.63) is 72.8 Å². The predicted octanol–water partition coefficient (Wildman–Crippen LogP) is 3.30. The van der Waals surface area contributed by atoms with Crippen LogP contribution < -0.4 is 29.0 Å². The molecule has 3 rings (SSSR count). The van der Waals surface area contributed by atoms with Crippen LogP contribution in [0, 0.1) is 0 Å². The fourth-order valence-corrected chi connectivity index (χ4v) is 11.2. The van der Waals surface area contributed by atoms with Gasteiger partial charge in [-0.1, -0.05) is 0 Å². The number of hydrogen-bond acceptors (Lipinski definition) is 0. The molecule has 0 spiro atoms. The third-order valence-corrected chi connectivity index (χ3v) is 13.7. The quantitative estimate of drug-likeness (QED) is 0.371. The van der Waals surface area contributed by atoms with Crippen LogP contribution in [0.25, 0.3) is 0 Å². The van der Waals surface area contributed by atoms with Crippen LogP contribution in [0.5, 0.6) is 0 Å². The SMILES string of the molecule is CP(C)c1cccc([As](c2cccc(P(C)C)c2)c2cccc(P(C)C)c2)c1. The van der Waals surface area contributed by atoms with Gasteiger partial charge in [0.05, 0.1) is 0 Å². The first-order chi connectivity index (χ1) is 13.4. The number of rotatable bonds is 6. The molecule has 0 fully saturated rings. The van der Waals surface area contributed by atoms with Crippen LogP contribution in [-0.2, 0) is 0 Å². The Hall–Kier alpha value is -0.492. The Balaban J connectivity index is 2.18. The fourth-order valence-electron chi connectivity index (χ4n) is 3.18. The van der Waals surface area contributed by atoms with Gasteiger partial charge in [-0.25, -0.2) is 0 Å². The molecule has 0 nitrogen and oxygen atoms in total. The van der Waals surface area contributed by atoms with Crippen LogP contribution >= 0.6 is 23.8 Å². The Labute approximate surface area is 179 Å². The second-order valence-corrected chi connectivity index (χ2v) is 19.2. The predicted molar refractivity (Wildman–Crippen MR) is 139 cm³/mol. The molecule has 4 heteroatoms. The molecule has 0 heterocycles. The molecule has 0 aromatic heterocycles. The van der Waals surface area contributed by atoms with Gasteiger partial charge in [-0.2, -0.15) is 0 Å². The van der Waals surface area contributed by atoms with E-state index >= 15 is 0 Å². The average molecular weight is 486 g/mol. The normalized spacial score (nSPS) is 11.8. The van der Waals surface area contributed by atoms with Gasteiger partial charge >= 0.3 is 180 Å². The standard InChI is InChI=1S/C24H30AsP3/c1-26(2)22-13-7-10-19(16-22)25(20-11-8-14-23(17-20)27(3)4)21-12-9-15-24(18-21)28(5)6/h7-18H,1-6H3. The van der Waals surface area contributed by atoms with Gasteiger partial charge in [0.25, 0.3) is 0 Å². The molecule has 0 amide bonds. The van der Waals surface area contributed by atoms with Crippen molar-refractivity contribution < 1.29 is 0 Å². The van der Waals surface area contributed by atoms with Gasteiger partial charge < -0.3 is 0 Å². The van der Waals surface area contributed by atoms with E-state index in [2.05, 4.69) is 113 Å². The van der Waals surface area contributed by atoms with Crippen molar-refractivity contribution >= 4 is 67.4 Å². The van der Waals surface area contributed by atoms with E-state index < -0.39 is 14.7 Å². The van der Waals surface area contributed by atoms with E-state index in [0.29, 0.717) is 0 Å². The summed E-state index contributed by atoms with van der Waals surface area (Å²) >= 11 is -1.57. The number of benzene rings is 3. The van der Waals surface area contributed by atoms with E-state index in [1.807, 2.05) is 0 Å². The molecule has 146 valence electrons. The van der Waals surface area contributed by atoms with E-state index in [1.165, 1.54) is 15.9 Å². The zero-order chi connectivity index (χ0) is 20.3. The van der Waals surface area contributed by atoms with E-state index in [9.17, 15) is 0 Å². The third-order valence-electron chi connectivity index (χ3n) is 4.81. The molecule has 0 unspecified atom stereocenters. The van der Waals surface area contributed by atoms with Gasteiger partial charge in [0.1, 0.15) is 0 Å². The van der Waals surface area contributed by atoms with Crippen molar-refractivity contribution in [1.82, 2.24) is 0 Å². The van der Waals surface area contributed by atoms with Crippen LogP contribution in [0.2, 0.25) is 0 Å². The second-order valence-electron chi connectivity index (χ2n) is 7.58. The first-order valence-electron chi connectivity index (χ1n) is 9.49. The average Bonchev–Trinajstić information content (AvgIpc) is 2.69. The third kappa shape index (κ3) is 5.35. The van der Waals surface area contributed by atoms with Crippen molar-refractivity contribution in [2.75, 3.05) is 40.0 Å². The van der Waals surface area contributed by atoms with Crippen LogP contribution in [0.15, 0.2) is 72.8 Å². The Morgan fingerprint density at radius 3 is 1.00 bits per heavy atom. The molecule has 0 radical (unpaired) electrons. The van der Waals surface area contributed by atoms with Gasteiger partial charge in [0.15, 0.2) is 0 Å². The summed E-state index contributed by atoms with van der Waals surface area (Å²) in [6, 6.07) is 28.4. The van der Waals surface area contributed by atoms with Crippen molar-refractivity contribution in [3.63, 3.8) is 0 Å². The van der Waals surface area contributed by atoms with E-state index in [4.69, 9.17) is 0 Å². The molecule has 3 aromatic carbocycles. The van der Waals surface area contributed by atoms with E-state index in [-0.39, 0.29) is 23.8 Å². The van der Waals surface area contributed by atoms with Crippen molar-refractivity contribution in [1.29, 1.82) is 0 Å². The molecule has 0 bridgehead atoms. The molecule has 0 aliphatic carbocycles. The molecule has 0 saturated heterocycles. The van der Waals surface area contributed by atoms with Gasteiger partial charge in [-0.3, -0.25) is 0 Å². The molecular formula is C24H30AsP3. The summed E-state index contributed by atoms with van der Waals surface area (Å²) < 4.78 is 4.68. The molecule has 28 heavy (non-hydrogen) atoms. The summed E-state index contributed by atoms with van der Waals surface area (Å²) in [4.78, 5) is 0. The van der Waals surface area contributed by atoms with E-state index in [0.717, 1.165) is 0 Å². The molecule has 0 aliphatic rings. The Morgan fingerprint density at radius 1 is 0.464 bits per heavy atom. The molecule has 0 N–H and O–H groups in total. The number of hydrogen-bond donors (Lipinski definition) is 0. The van der Waals surface area contributed by atoms with Gasteiger partial charge in [0.2, 0.25) is 0 Å². The molecule has 3 aromatic rings. The fraction of sp³-hybridized carbons (Fsp3) is 0.250.